The van der Waals surface area contributed by atoms with Crippen LogP contribution in [-0.4, -0.2) is 36.0 Å². The van der Waals surface area contributed by atoms with Crippen molar-refractivity contribution in [1.82, 2.24) is 9.99 Å². The predicted octanol–water partition coefficient (Wildman–Crippen LogP) is 2.67. The van der Waals surface area contributed by atoms with Crippen molar-refractivity contribution < 1.29 is 19.4 Å². The van der Waals surface area contributed by atoms with Gasteiger partial charge >= 0.3 is 0 Å². The fourth-order valence-corrected chi connectivity index (χ4v) is 2.65. The van der Waals surface area contributed by atoms with Crippen molar-refractivity contribution in [2.24, 2.45) is 12.1 Å². The van der Waals surface area contributed by atoms with E-state index in [4.69, 9.17) is 9.47 Å². The number of hydrogen-bond acceptors (Lipinski definition) is 5. The van der Waals surface area contributed by atoms with Crippen LogP contribution in [-0.2, 0) is 7.05 Å². The van der Waals surface area contributed by atoms with Crippen LogP contribution in [0.5, 0.6) is 17.2 Å². The molecule has 0 unspecified atom stereocenters. The fourth-order valence-electron chi connectivity index (χ4n) is 2.65. The van der Waals surface area contributed by atoms with E-state index in [1.165, 1.54) is 26.5 Å². The summed E-state index contributed by atoms with van der Waals surface area (Å²) in [6, 6.07) is 10.4. The Kier molecular flexibility index (Phi) is 4.79. The van der Waals surface area contributed by atoms with Gasteiger partial charge in [0.1, 0.15) is 17.2 Å². The molecule has 0 fully saturated rings. The van der Waals surface area contributed by atoms with Crippen molar-refractivity contribution in [1.29, 1.82) is 0 Å². The molecule has 2 N–H and O–H groups in total. The van der Waals surface area contributed by atoms with Crippen molar-refractivity contribution in [2.75, 3.05) is 14.2 Å². The molecule has 26 heavy (non-hydrogen) atoms. The van der Waals surface area contributed by atoms with E-state index in [9.17, 15) is 9.90 Å². The zero-order chi connectivity index (χ0) is 18.7. The highest BCUT2D eigenvalue weighted by Gasteiger charge is 2.11. The molecule has 1 heterocycles. The van der Waals surface area contributed by atoms with Crippen LogP contribution in [0.25, 0.3) is 10.9 Å². The Labute approximate surface area is 150 Å². The second-order valence-electron chi connectivity index (χ2n) is 5.66. The molecule has 2 aromatic carbocycles. The first-order chi connectivity index (χ1) is 12.5. The lowest BCUT2D eigenvalue weighted by Gasteiger charge is -2.09. The molecule has 0 aliphatic rings. The van der Waals surface area contributed by atoms with Crippen molar-refractivity contribution in [3.05, 3.63) is 53.7 Å². The summed E-state index contributed by atoms with van der Waals surface area (Å²) in [5.41, 5.74) is 4.32. The van der Waals surface area contributed by atoms with E-state index >= 15 is 0 Å². The van der Waals surface area contributed by atoms with Crippen LogP contribution in [0, 0.1) is 0 Å². The number of carbonyl (C=O) groups excluding carboxylic acids is 1. The number of phenolic OH excluding ortho intramolecular Hbond substituents is 1. The Balaban J connectivity index is 1.78. The van der Waals surface area contributed by atoms with Crippen LogP contribution in [0.3, 0.4) is 0 Å². The molecule has 3 aromatic rings. The number of amides is 1. The summed E-state index contributed by atoms with van der Waals surface area (Å²) < 4.78 is 12.3. The minimum absolute atomic E-state index is 0.0649. The van der Waals surface area contributed by atoms with Gasteiger partial charge in [-0.2, -0.15) is 5.10 Å². The molecule has 0 atom stereocenters. The average Bonchev–Trinajstić information content (AvgIpc) is 3.02. The molecule has 0 aliphatic carbocycles. The van der Waals surface area contributed by atoms with E-state index in [0.717, 1.165) is 10.9 Å². The van der Waals surface area contributed by atoms with E-state index in [-0.39, 0.29) is 11.7 Å². The first-order valence-electron chi connectivity index (χ1n) is 7.87. The van der Waals surface area contributed by atoms with Crippen LogP contribution in [0.4, 0.5) is 0 Å². The van der Waals surface area contributed by atoms with Crippen LogP contribution >= 0.6 is 0 Å². The van der Waals surface area contributed by atoms with Crippen LogP contribution in [0.1, 0.15) is 15.9 Å². The van der Waals surface area contributed by atoms with Gasteiger partial charge in [0.15, 0.2) is 0 Å². The Morgan fingerprint density at radius 2 is 2.00 bits per heavy atom. The number of hydrazone groups is 1. The number of hydrogen-bond donors (Lipinski definition) is 2. The number of ether oxygens (including phenoxy) is 2. The molecule has 0 spiro atoms. The summed E-state index contributed by atoms with van der Waals surface area (Å²) in [7, 11) is 4.91. The Bertz CT molecular complexity index is 992. The van der Waals surface area contributed by atoms with E-state index < -0.39 is 0 Å². The molecular formula is C19H19N3O4. The van der Waals surface area contributed by atoms with E-state index in [2.05, 4.69) is 10.5 Å². The average molecular weight is 353 g/mol. The van der Waals surface area contributed by atoms with Gasteiger partial charge in [-0.15, -0.1) is 0 Å². The highest BCUT2D eigenvalue weighted by atomic mass is 16.5. The maximum atomic E-state index is 12.3. The van der Waals surface area contributed by atoms with E-state index in [1.54, 1.807) is 18.2 Å². The van der Waals surface area contributed by atoms with Gasteiger partial charge < -0.3 is 19.1 Å². The number of rotatable bonds is 5. The number of benzene rings is 2. The lowest BCUT2D eigenvalue weighted by Crippen LogP contribution is -2.17. The first-order valence-corrected chi connectivity index (χ1v) is 7.87. The highest BCUT2D eigenvalue weighted by Crippen LogP contribution is 2.31. The fraction of sp³-hybridized carbons (Fsp3) is 0.158. The van der Waals surface area contributed by atoms with Crippen molar-refractivity contribution in [3.63, 3.8) is 0 Å². The maximum absolute atomic E-state index is 12.3. The summed E-state index contributed by atoms with van der Waals surface area (Å²) >= 11 is 0. The zero-order valence-electron chi connectivity index (χ0n) is 14.7. The second kappa shape index (κ2) is 7.18. The molecule has 0 radical (unpaired) electrons. The SMILES string of the molecule is COc1cc(O)c(/C=N\NC(=O)c2ccc3c(ccn3C)c2)c(OC)c1. The van der Waals surface area contributed by atoms with Gasteiger partial charge in [-0.05, 0) is 24.3 Å². The monoisotopic (exact) mass is 353 g/mol. The number of aromatic hydroxyl groups is 1. The van der Waals surface area contributed by atoms with E-state index in [1.807, 2.05) is 29.9 Å². The topological polar surface area (TPSA) is 85.1 Å². The minimum atomic E-state index is -0.348. The van der Waals surface area contributed by atoms with E-state index in [0.29, 0.717) is 22.6 Å². The normalized spacial score (nSPS) is 11.0. The third kappa shape index (κ3) is 3.32. The molecular weight excluding hydrogens is 334 g/mol. The molecule has 7 heteroatoms. The third-order valence-corrected chi connectivity index (χ3v) is 4.06. The Morgan fingerprint density at radius 3 is 2.73 bits per heavy atom. The largest absolute Gasteiger partial charge is 0.507 e. The smallest absolute Gasteiger partial charge is 0.271 e. The molecule has 0 aliphatic heterocycles. The molecule has 134 valence electrons. The van der Waals surface area contributed by atoms with Crippen LogP contribution in [0.2, 0.25) is 0 Å². The van der Waals surface area contributed by atoms with Crippen LogP contribution in [0.15, 0.2) is 47.7 Å². The van der Waals surface area contributed by atoms with Gasteiger partial charge in [-0.1, -0.05) is 0 Å². The Hall–Kier alpha value is -3.48. The molecule has 1 amide bonds. The van der Waals surface area contributed by atoms with Gasteiger partial charge in [0.25, 0.3) is 5.91 Å². The molecule has 1 aromatic heterocycles. The number of nitrogens with one attached hydrogen (secondary N) is 1. The van der Waals surface area contributed by atoms with Gasteiger partial charge in [0.2, 0.25) is 0 Å². The maximum Gasteiger partial charge on any atom is 0.271 e. The van der Waals surface area contributed by atoms with Gasteiger partial charge in [-0.25, -0.2) is 5.43 Å². The summed E-state index contributed by atoms with van der Waals surface area (Å²) in [6.45, 7) is 0. The van der Waals surface area contributed by atoms with Crippen LogP contribution < -0.4 is 14.9 Å². The third-order valence-electron chi connectivity index (χ3n) is 4.06. The number of nitrogens with zero attached hydrogens (tertiary/aromatic N) is 2. The van der Waals surface area contributed by atoms with Crippen molar-refractivity contribution >= 4 is 23.0 Å². The number of aryl methyl sites for hydroxylation is 1. The highest BCUT2D eigenvalue weighted by molar-refractivity contribution is 5.99. The number of carbonyl (C=O) groups is 1. The number of fused-ring (bicyclic) bond motifs is 1. The number of phenols is 1. The molecule has 0 saturated carbocycles. The number of methoxy groups -OCH3 is 2. The second-order valence-corrected chi connectivity index (χ2v) is 5.66. The lowest BCUT2D eigenvalue weighted by atomic mass is 10.1. The molecule has 0 bridgehead atoms. The molecule has 0 saturated heterocycles. The zero-order valence-corrected chi connectivity index (χ0v) is 14.7. The standard InChI is InChI=1S/C19H19N3O4/c1-22-7-6-12-8-13(4-5-16(12)22)19(24)21-20-11-15-17(23)9-14(25-2)10-18(15)26-3/h4-11,23H,1-3H3,(H,21,24)/b20-11-. The summed E-state index contributed by atoms with van der Waals surface area (Å²) in [4.78, 5) is 12.3. The summed E-state index contributed by atoms with van der Waals surface area (Å²) in [5.74, 6) is 0.422. The quantitative estimate of drug-likeness (QED) is 0.545. The van der Waals surface area contributed by atoms with Gasteiger partial charge in [-0.3, -0.25) is 4.79 Å². The lowest BCUT2D eigenvalue weighted by molar-refractivity contribution is 0.0955. The van der Waals surface area contributed by atoms with Crippen molar-refractivity contribution in [2.45, 2.75) is 0 Å². The number of aromatic nitrogens is 1. The summed E-state index contributed by atoms with van der Waals surface area (Å²) in [5, 5.41) is 15.0. The predicted molar refractivity (Wildman–Crippen MR) is 99.2 cm³/mol. The first kappa shape index (κ1) is 17.3. The molecule has 7 nitrogen and oxygen atoms in total. The Morgan fingerprint density at radius 1 is 1.19 bits per heavy atom. The van der Waals surface area contributed by atoms with Gasteiger partial charge in [0, 0.05) is 41.8 Å². The van der Waals surface area contributed by atoms with Gasteiger partial charge in [0.05, 0.1) is 26.0 Å². The minimum Gasteiger partial charge on any atom is -0.507 e. The summed E-state index contributed by atoms with van der Waals surface area (Å²) in [6.07, 6.45) is 3.26. The molecule has 3 rings (SSSR count). The van der Waals surface area contributed by atoms with Crippen molar-refractivity contribution in [3.8, 4) is 17.2 Å².